The van der Waals surface area contributed by atoms with Crippen LogP contribution in [0.5, 0.6) is 0 Å². The van der Waals surface area contributed by atoms with Crippen LogP contribution in [0.4, 0.5) is 0 Å². The number of hydrogen-bond donors (Lipinski definition) is 0. The van der Waals surface area contributed by atoms with Crippen LogP contribution in [0.2, 0.25) is 0 Å². The van der Waals surface area contributed by atoms with E-state index in [4.69, 9.17) is 0 Å². The molecular formula is C5H8S3. The third-order valence-electron chi connectivity index (χ3n) is 1.45. The molecule has 0 aliphatic carbocycles. The zero-order valence-corrected chi connectivity index (χ0v) is 6.95. The van der Waals surface area contributed by atoms with Gasteiger partial charge in [-0.25, -0.2) is 0 Å². The Balaban J connectivity index is 2.03. The van der Waals surface area contributed by atoms with Crippen LogP contribution < -0.4 is 0 Å². The minimum atomic E-state index is 0.973. The van der Waals surface area contributed by atoms with Crippen molar-refractivity contribution in [3.63, 3.8) is 0 Å². The van der Waals surface area contributed by atoms with Crippen molar-refractivity contribution in [2.24, 2.45) is 0 Å². The van der Waals surface area contributed by atoms with E-state index in [2.05, 4.69) is 35.3 Å². The van der Waals surface area contributed by atoms with Gasteiger partial charge in [-0.3, -0.25) is 0 Å². The van der Waals surface area contributed by atoms with Crippen LogP contribution in [0.1, 0.15) is 12.8 Å². The summed E-state index contributed by atoms with van der Waals surface area (Å²) in [5.74, 6) is 0. The zero-order valence-electron chi connectivity index (χ0n) is 4.50. The Morgan fingerprint density at radius 2 is 1.62 bits per heavy atom. The fourth-order valence-corrected chi connectivity index (χ4v) is 6.68. The lowest BCUT2D eigenvalue weighted by molar-refractivity contribution is 0.907. The van der Waals surface area contributed by atoms with Crippen LogP contribution in [0.15, 0.2) is 0 Å². The van der Waals surface area contributed by atoms with E-state index < -0.39 is 0 Å². The van der Waals surface area contributed by atoms with Gasteiger partial charge in [0.15, 0.2) is 0 Å². The highest BCUT2D eigenvalue weighted by molar-refractivity contribution is 8.33. The normalized spacial score (nSPS) is 45.0. The van der Waals surface area contributed by atoms with Crippen molar-refractivity contribution in [1.82, 2.24) is 0 Å². The van der Waals surface area contributed by atoms with Gasteiger partial charge in [0, 0.05) is 5.08 Å². The predicted octanol–water partition coefficient (Wildman–Crippen LogP) is 2.60. The van der Waals surface area contributed by atoms with Gasteiger partial charge < -0.3 is 0 Å². The maximum absolute atomic E-state index is 2.18. The van der Waals surface area contributed by atoms with E-state index in [9.17, 15) is 0 Å². The summed E-state index contributed by atoms with van der Waals surface area (Å²) < 4.78 is 1.95. The van der Waals surface area contributed by atoms with Crippen molar-refractivity contribution in [3.8, 4) is 0 Å². The Morgan fingerprint density at radius 1 is 1.00 bits per heavy atom. The van der Waals surface area contributed by atoms with Crippen molar-refractivity contribution in [1.29, 1.82) is 0 Å². The molecule has 0 nitrogen and oxygen atoms in total. The van der Waals surface area contributed by atoms with Crippen molar-refractivity contribution in [2.75, 3.05) is 5.08 Å². The average Bonchev–Trinajstić information content (AvgIpc) is 2.12. The quantitative estimate of drug-likeness (QED) is 0.540. The van der Waals surface area contributed by atoms with Crippen LogP contribution in [-0.4, -0.2) is 14.2 Å². The lowest BCUT2D eigenvalue weighted by Crippen LogP contribution is -1.97. The second kappa shape index (κ2) is 2.35. The van der Waals surface area contributed by atoms with Gasteiger partial charge in [-0.15, -0.1) is 35.3 Å². The average molecular weight is 164 g/mol. The molecule has 2 saturated heterocycles. The molecule has 2 aliphatic rings. The van der Waals surface area contributed by atoms with E-state index in [1.807, 2.05) is 0 Å². The summed E-state index contributed by atoms with van der Waals surface area (Å²) >= 11 is 6.44. The highest BCUT2D eigenvalue weighted by Crippen LogP contribution is 2.51. The summed E-state index contributed by atoms with van der Waals surface area (Å²) in [6, 6.07) is 0. The van der Waals surface area contributed by atoms with E-state index in [-0.39, 0.29) is 0 Å². The number of hydrogen-bond acceptors (Lipinski definition) is 3. The van der Waals surface area contributed by atoms with Crippen molar-refractivity contribution < 1.29 is 0 Å². The molecule has 0 aromatic rings. The molecule has 2 unspecified atom stereocenters. The van der Waals surface area contributed by atoms with Crippen LogP contribution >= 0.6 is 35.3 Å². The second-order valence-electron chi connectivity index (χ2n) is 2.02. The zero-order chi connectivity index (χ0) is 5.40. The maximum Gasteiger partial charge on any atom is 0.0522 e. The van der Waals surface area contributed by atoms with Gasteiger partial charge in [0.05, 0.1) is 9.16 Å². The number of rotatable bonds is 0. The second-order valence-corrected chi connectivity index (χ2v) is 6.78. The molecule has 2 atom stereocenters. The monoisotopic (exact) mass is 164 g/mol. The van der Waals surface area contributed by atoms with Gasteiger partial charge in [-0.05, 0) is 12.8 Å². The molecule has 0 radical (unpaired) electrons. The number of thioether (sulfide) groups is 3. The molecule has 2 bridgehead atoms. The van der Waals surface area contributed by atoms with Gasteiger partial charge in [-0.2, -0.15) is 0 Å². The first-order chi connectivity index (χ1) is 3.95. The highest BCUT2D eigenvalue weighted by atomic mass is 32.3. The molecule has 0 aromatic carbocycles. The Labute approximate surface area is 62.6 Å². The molecule has 46 valence electrons. The first kappa shape index (κ1) is 5.81. The molecule has 2 aliphatic heterocycles. The molecule has 0 aromatic heterocycles. The highest BCUT2D eigenvalue weighted by Gasteiger charge is 2.29. The molecule has 0 N–H and O–H groups in total. The molecule has 0 saturated carbocycles. The Morgan fingerprint density at radius 3 is 2.12 bits per heavy atom. The Kier molecular flexibility index (Phi) is 1.71. The molecule has 3 heteroatoms. The lowest BCUT2D eigenvalue weighted by atomic mass is 10.4. The predicted molar refractivity (Wildman–Crippen MR) is 44.5 cm³/mol. The fourth-order valence-electron chi connectivity index (χ4n) is 1.01. The fraction of sp³-hybridized carbons (Fsp3) is 1.00. The standard InChI is InChI=1S/C5H8S3/c1-2-5-7-3-6-4(1)8-5/h4-5H,1-3H2. The molecule has 2 fully saturated rings. The van der Waals surface area contributed by atoms with Crippen LogP contribution in [-0.2, 0) is 0 Å². The van der Waals surface area contributed by atoms with E-state index in [0.717, 1.165) is 9.16 Å². The minimum Gasteiger partial charge on any atom is -0.137 e. The van der Waals surface area contributed by atoms with Gasteiger partial charge >= 0.3 is 0 Å². The van der Waals surface area contributed by atoms with Gasteiger partial charge in [0.2, 0.25) is 0 Å². The summed E-state index contributed by atoms with van der Waals surface area (Å²) in [6.07, 6.45) is 2.93. The van der Waals surface area contributed by atoms with Gasteiger partial charge in [-0.1, -0.05) is 0 Å². The maximum atomic E-state index is 2.18. The molecule has 8 heavy (non-hydrogen) atoms. The van der Waals surface area contributed by atoms with E-state index >= 15 is 0 Å². The third-order valence-corrected chi connectivity index (χ3v) is 6.31. The third kappa shape index (κ3) is 1.00. The van der Waals surface area contributed by atoms with Gasteiger partial charge in [0.1, 0.15) is 0 Å². The van der Waals surface area contributed by atoms with Crippen LogP contribution in [0, 0.1) is 0 Å². The van der Waals surface area contributed by atoms with Crippen LogP contribution in [0.25, 0.3) is 0 Å². The van der Waals surface area contributed by atoms with Crippen LogP contribution in [0.3, 0.4) is 0 Å². The smallest absolute Gasteiger partial charge is 0.0522 e. The van der Waals surface area contributed by atoms with Gasteiger partial charge in [0.25, 0.3) is 0 Å². The van der Waals surface area contributed by atoms with E-state index in [0.29, 0.717) is 0 Å². The largest absolute Gasteiger partial charge is 0.137 e. The summed E-state index contributed by atoms with van der Waals surface area (Å²) in [7, 11) is 0. The summed E-state index contributed by atoms with van der Waals surface area (Å²) in [5, 5.41) is 1.35. The summed E-state index contributed by atoms with van der Waals surface area (Å²) in [5.41, 5.74) is 0. The first-order valence-corrected chi connectivity index (χ1v) is 5.88. The first-order valence-electron chi connectivity index (χ1n) is 2.84. The molecule has 2 heterocycles. The van der Waals surface area contributed by atoms with Crippen molar-refractivity contribution in [2.45, 2.75) is 22.0 Å². The Hall–Kier alpha value is 1.05. The van der Waals surface area contributed by atoms with Crippen molar-refractivity contribution in [3.05, 3.63) is 0 Å². The van der Waals surface area contributed by atoms with Crippen molar-refractivity contribution >= 4 is 35.3 Å². The SMILES string of the molecule is C1SC2CCC(S1)S2. The molecule has 0 amide bonds. The molecule has 0 spiro atoms. The van der Waals surface area contributed by atoms with E-state index in [1.54, 1.807) is 0 Å². The minimum absolute atomic E-state index is 0.973. The summed E-state index contributed by atoms with van der Waals surface area (Å²) in [4.78, 5) is 0. The van der Waals surface area contributed by atoms with E-state index in [1.165, 1.54) is 17.9 Å². The Bertz CT molecular complexity index is 79.7. The number of fused-ring (bicyclic) bond motifs is 2. The topological polar surface area (TPSA) is 0 Å². The summed E-state index contributed by atoms with van der Waals surface area (Å²) in [6.45, 7) is 0. The molecule has 2 rings (SSSR count). The molecular weight excluding hydrogens is 156 g/mol. The lowest BCUT2D eigenvalue weighted by Gasteiger charge is -2.16.